The normalized spacial score (nSPS) is 12.9. The predicted molar refractivity (Wildman–Crippen MR) is 60.7 cm³/mol. The average Bonchev–Trinajstić information content (AvgIpc) is 2.17. The van der Waals surface area contributed by atoms with Crippen molar-refractivity contribution in [2.45, 2.75) is 17.7 Å². The van der Waals surface area contributed by atoms with Gasteiger partial charge >= 0.3 is 0 Å². The van der Waals surface area contributed by atoms with Gasteiger partial charge in [0.1, 0.15) is 0 Å². The number of nitrogens with two attached hydrogens (primary N) is 1. The van der Waals surface area contributed by atoms with Crippen LogP contribution in [0.5, 0.6) is 0 Å². The Bertz CT molecular complexity index is 288. The molecule has 0 aliphatic rings. The summed E-state index contributed by atoms with van der Waals surface area (Å²) >= 11 is 7.78. The lowest BCUT2D eigenvalue weighted by atomic mass is 10.0. The van der Waals surface area contributed by atoms with Gasteiger partial charge in [-0.15, -0.1) is 11.8 Å². The average molecular weight is 216 g/mol. The van der Waals surface area contributed by atoms with E-state index in [0.717, 1.165) is 10.6 Å². The molecule has 1 nitrogen and oxygen atoms in total. The van der Waals surface area contributed by atoms with Crippen LogP contribution in [0, 0.1) is 0 Å². The highest BCUT2D eigenvalue weighted by molar-refractivity contribution is 7.98. The van der Waals surface area contributed by atoms with Crippen molar-refractivity contribution in [1.82, 2.24) is 0 Å². The first-order valence-electron chi connectivity index (χ1n) is 4.22. The number of halogens is 1. The number of thioether (sulfide) groups is 1. The van der Waals surface area contributed by atoms with Gasteiger partial charge in [-0.2, -0.15) is 0 Å². The van der Waals surface area contributed by atoms with Gasteiger partial charge in [0.05, 0.1) is 0 Å². The maximum Gasteiger partial charge on any atom is 0.0441 e. The van der Waals surface area contributed by atoms with Gasteiger partial charge in [0.15, 0.2) is 0 Å². The molecule has 1 atom stereocenters. The first-order chi connectivity index (χ1) is 6.19. The molecule has 0 aliphatic heterocycles. The summed E-state index contributed by atoms with van der Waals surface area (Å²) in [5.74, 6) is 0.333. The first-order valence-corrected chi connectivity index (χ1v) is 5.82. The van der Waals surface area contributed by atoms with Gasteiger partial charge in [0.25, 0.3) is 0 Å². The molecule has 0 bridgehead atoms. The lowest BCUT2D eigenvalue weighted by Gasteiger charge is -2.11. The van der Waals surface area contributed by atoms with E-state index in [-0.39, 0.29) is 0 Å². The van der Waals surface area contributed by atoms with Crippen molar-refractivity contribution < 1.29 is 0 Å². The summed E-state index contributed by atoms with van der Waals surface area (Å²) in [5.41, 5.74) is 6.75. The zero-order valence-corrected chi connectivity index (χ0v) is 9.45. The second-order valence-corrected chi connectivity index (χ2v) is 4.31. The quantitative estimate of drug-likeness (QED) is 0.785. The molecule has 0 heterocycles. The molecule has 1 aromatic carbocycles. The van der Waals surface area contributed by atoms with Crippen LogP contribution in [0.2, 0.25) is 5.02 Å². The third-order valence-corrected chi connectivity index (χ3v) is 3.16. The van der Waals surface area contributed by atoms with Crippen LogP contribution in [0.3, 0.4) is 0 Å². The Hall–Kier alpha value is -0.180. The van der Waals surface area contributed by atoms with E-state index in [4.69, 9.17) is 17.3 Å². The molecule has 3 heteroatoms. The molecule has 13 heavy (non-hydrogen) atoms. The highest BCUT2D eigenvalue weighted by Crippen LogP contribution is 2.28. The van der Waals surface area contributed by atoms with E-state index in [1.807, 2.05) is 12.1 Å². The first kappa shape index (κ1) is 10.9. The molecule has 0 fully saturated rings. The molecular weight excluding hydrogens is 202 g/mol. The van der Waals surface area contributed by atoms with E-state index >= 15 is 0 Å². The van der Waals surface area contributed by atoms with E-state index in [2.05, 4.69) is 19.2 Å². The Labute approximate surface area is 88.7 Å². The van der Waals surface area contributed by atoms with Crippen LogP contribution in [0.15, 0.2) is 23.1 Å². The van der Waals surface area contributed by atoms with E-state index in [0.29, 0.717) is 12.5 Å². The van der Waals surface area contributed by atoms with E-state index in [1.54, 1.807) is 11.8 Å². The fourth-order valence-corrected chi connectivity index (χ4v) is 1.91. The molecule has 0 aromatic heterocycles. The van der Waals surface area contributed by atoms with Crippen molar-refractivity contribution in [2.24, 2.45) is 5.73 Å². The zero-order chi connectivity index (χ0) is 9.84. The van der Waals surface area contributed by atoms with Gasteiger partial charge in [-0.1, -0.05) is 18.5 Å². The Kier molecular flexibility index (Phi) is 4.10. The molecule has 0 aliphatic carbocycles. The number of benzene rings is 1. The summed E-state index contributed by atoms with van der Waals surface area (Å²) in [5, 5.41) is 0.816. The van der Waals surface area contributed by atoms with Gasteiger partial charge < -0.3 is 5.73 Å². The summed E-state index contributed by atoms with van der Waals surface area (Å²) in [6, 6.07) is 6.08. The van der Waals surface area contributed by atoms with Crippen molar-refractivity contribution in [3.8, 4) is 0 Å². The van der Waals surface area contributed by atoms with Gasteiger partial charge in [0, 0.05) is 9.92 Å². The molecule has 0 amide bonds. The summed E-state index contributed by atoms with van der Waals surface area (Å²) in [6.07, 6.45) is 2.06. The monoisotopic (exact) mass is 215 g/mol. The minimum absolute atomic E-state index is 0.333. The molecule has 2 N–H and O–H groups in total. The van der Waals surface area contributed by atoms with Gasteiger partial charge in [-0.05, 0) is 42.5 Å². The number of hydrogen-bond acceptors (Lipinski definition) is 2. The van der Waals surface area contributed by atoms with Crippen LogP contribution in [-0.2, 0) is 0 Å². The Morgan fingerprint density at radius 1 is 1.54 bits per heavy atom. The Morgan fingerprint density at radius 3 is 2.77 bits per heavy atom. The van der Waals surface area contributed by atoms with Gasteiger partial charge in [0.2, 0.25) is 0 Å². The number of hydrogen-bond donors (Lipinski definition) is 1. The van der Waals surface area contributed by atoms with Gasteiger partial charge in [-0.3, -0.25) is 0 Å². The predicted octanol–water partition coefficient (Wildman–Crippen LogP) is 3.12. The molecule has 72 valence electrons. The minimum Gasteiger partial charge on any atom is -0.330 e. The third-order valence-electron chi connectivity index (χ3n) is 2.09. The fraction of sp³-hybridized carbons (Fsp3) is 0.400. The summed E-state index contributed by atoms with van der Waals surface area (Å²) in [7, 11) is 0. The maximum absolute atomic E-state index is 6.06. The van der Waals surface area contributed by atoms with Crippen molar-refractivity contribution in [2.75, 3.05) is 12.8 Å². The van der Waals surface area contributed by atoms with E-state index in [9.17, 15) is 0 Å². The number of rotatable bonds is 3. The summed E-state index contributed by atoms with van der Waals surface area (Å²) in [6.45, 7) is 2.73. The van der Waals surface area contributed by atoms with Crippen molar-refractivity contribution >= 4 is 23.4 Å². The van der Waals surface area contributed by atoms with Crippen molar-refractivity contribution in [1.29, 1.82) is 0 Å². The highest BCUT2D eigenvalue weighted by atomic mass is 35.5. The highest BCUT2D eigenvalue weighted by Gasteiger charge is 2.08. The third kappa shape index (κ3) is 2.63. The minimum atomic E-state index is 0.333. The molecular formula is C10H14ClNS. The van der Waals surface area contributed by atoms with Crippen LogP contribution < -0.4 is 5.73 Å². The standard InChI is InChI=1S/C10H14ClNS/c1-7(6-12)9-5-8(13-2)3-4-10(9)11/h3-5,7H,6,12H2,1-2H3. The largest absolute Gasteiger partial charge is 0.330 e. The van der Waals surface area contributed by atoms with Crippen molar-refractivity contribution in [3.05, 3.63) is 28.8 Å². The zero-order valence-electron chi connectivity index (χ0n) is 7.88. The molecule has 1 rings (SSSR count). The second kappa shape index (κ2) is 4.89. The molecule has 1 aromatic rings. The van der Waals surface area contributed by atoms with Crippen molar-refractivity contribution in [3.63, 3.8) is 0 Å². The second-order valence-electron chi connectivity index (χ2n) is 3.02. The molecule has 0 radical (unpaired) electrons. The molecule has 0 saturated carbocycles. The smallest absolute Gasteiger partial charge is 0.0441 e. The lowest BCUT2D eigenvalue weighted by Crippen LogP contribution is -2.09. The summed E-state index contributed by atoms with van der Waals surface area (Å²) < 4.78 is 0. The lowest BCUT2D eigenvalue weighted by molar-refractivity contribution is 0.772. The Morgan fingerprint density at radius 2 is 2.23 bits per heavy atom. The van der Waals surface area contributed by atoms with Crippen LogP contribution in [-0.4, -0.2) is 12.8 Å². The van der Waals surface area contributed by atoms with E-state index < -0.39 is 0 Å². The van der Waals surface area contributed by atoms with Crippen LogP contribution in [0.1, 0.15) is 18.4 Å². The summed E-state index contributed by atoms with van der Waals surface area (Å²) in [4.78, 5) is 1.24. The van der Waals surface area contributed by atoms with Crippen LogP contribution in [0.4, 0.5) is 0 Å². The SMILES string of the molecule is CSc1ccc(Cl)c(C(C)CN)c1. The van der Waals surface area contributed by atoms with Gasteiger partial charge in [-0.25, -0.2) is 0 Å². The molecule has 1 unspecified atom stereocenters. The van der Waals surface area contributed by atoms with E-state index in [1.165, 1.54) is 4.90 Å². The molecule has 0 saturated heterocycles. The topological polar surface area (TPSA) is 26.0 Å². The van der Waals surface area contributed by atoms with Crippen LogP contribution >= 0.6 is 23.4 Å². The fourth-order valence-electron chi connectivity index (χ4n) is 1.15. The van der Waals surface area contributed by atoms with Crippen LogP contribution in [0.25, 0.3) is 0 Å². The maximum atomic E-state index is 6.06. The molecule has 0 spiro atoms. The Balaban J connectivity index is 3.03.